The number of aliphatic hydroxyl groups excluding tert-OH is 1. The molecule has 1 aliphatic heterocycles. The maximum atomic E-state index is 10.3. The van der Waals surface area contributed by atoms with E-state index in [2.05, 4.69) is 4.74 Å². The molecule has 1 heterocycles. The summed E-state index contributed by atoms with van der Waals surface area (Å²) in [5.74, 6) is 0.153. The van der Waals surface area contributed by atoms with Crippen LogP contribution in [0.15, 0.2) is 42.5 Å². The molecule has 7 N–H and O–H groups in total. The van der Waals surface area contributed by atoms with Crippen molar-refractivity contribution < 1.29 is 54.8 Å². The van der Waals surface area contributed by atoms with Crippen LogP contribution in [0.4, 0.5) is 0 Å². The number of para-hydroxylation sites is 1. The molecule has 3 aromatic rings. The van der Waals surface area contributed by atoms with E-state index >= 15 is 0 Å². The Balaban J connectivity index is 0.000000262. The first-order valence-corrected chi connectivity index (χ1v) is 10.4. The van der Waals surface area contributed by atoms with Gasteiger partial charge in [-0.2, -0.15) is 0 Å². The molecule has 0 spiro atoms. The zero-order chi connectivity index (χ0) is 27.3. The third-order valence-corrected chi connectivity index (χ3v) is 4.61. The molecule has 0 aromatic heterocycles. The fourth-order valence-electron chi connectivity index (χ4n) is 2.99. The molecule has 11 nitrogen and oxygen atoms in total. The van der Waals surface area contributed by atoms with Crippen molar-refractivity contribution >= 4 is 6.29 Å². The van der Waals surface area contributed by atoms with Gasteiger partial charge in [-0.1, -0.05) is 6.07 Å². The number of carbonyl (C=O) groups is 1. The van der Waals surface area contributed by atoms with E-state index in [1.165, 1.54) is 50.6 Å². The second-order valence-corrected chi connectivity index (χ2v) is 6.93. The Hall–Kier alpha value is -4.51. The molecule has 0 atom stereocenters. The fourth-order valence-corrected chi connectivity index (χ4v) is 2.99. The van der Waals surface area contributed by atoms with Crippen LogP contribution < -0.4 is 14.2 Å². The lowest BCUT2D eigenvalue weighted by Crippen LogP contribution is -2.07. The van der Waals surface area contributed by atoms with Crippen LogP contribution in [-0.2, 0) is 6.42 Å². The minimum absolute atomic E-state index is 0.0492. The predicted octanol–water partition coefficient (Wildman–Crippen LogP) is 3.06. The number of methoxy groups -OCH3 is 2. The number of carbonyl (C=O) groups excluding carboxylic acids is 1. The SMILES string of the molecule is CO.COc1c(O)cccc1O.COc1cc(C=O)cc(O)c1O.Oc1cc(O)c2c(c1)OCCC2. The van der Waals surface area contributed by atoms with E-state index in [4.69, 9.17) is 40.1 Å². The molecule has 3 aromatic carbocycles. The van der Waals surface area contributed by atoms with Gasteiger partial charge in [0.05, 0.1) is 20.8 Å². The molecular formula is C25H30O11. The van der Waals surface area contributed by atoms with Crippen molar-refractivity contribution in [1.82, 2.24) is 0 Å². The van der Waals surface area contributed by atoms with Crippen LogP contribution >= 0.6 is 0 Å². The minimum atomic E-state index is -0.364. The van der Waals surface area contributed by atoms with Crippen molar-refractivity contribution in [3.05, 3.63) is 53.6 Å². The number of hydrogen-bond donors (Lipinski definition) is 7. The molecule has 0 aliphatic carbocycles. The van der Waals surface area contributed by atoms with Crippen LogP contribution in [0.1, 0.15) is 22.3 Å². The van der Waals surface area contributed by atoms with Gasteiger partial charge in [-0.05, 0) is 37.1 Å². The molecule has 0 radical (unpaired) electrons. The number of ether oxygens (including phenoxy) is 3. The lowest BCUT2D eigenvalue weighted by molar-refractivity contribution is 0.112. The summed E-state index contributed by atoms with van der Waals surface area (Å²) >= 11 is 0. The molecule has 4 rings (SSSR count). The third kappa shape index (κ3) is 8.06. The quantitative estimate of drug-likeness (QED) is 0.204. The number of aromatic hydroxyl groups is 6. The molecule has 0 bridgehead atoms. The Morgan fingerprint density at radius 3 is 2.00 bits per heavy atom. The van der Waals surface area contributed by atoms with Gasteiger partial charge in [0, 0.05) is 30.4 Å². The average molecular weight is 507 g/mol. The maximum Gasteiger partial charge on any atom is 0.202 e. The van der Waals surface area contributed by atoms with Gasteiger partial charge < -0.3 is 50.0 Å². The van der Waals surface area contributed by atoms with E-state index < -0.39 is 0 Å². The first-order valence-electron chi connectivity index (χ1n) is 10.4. The van der Waals surface area contributed by atoms with Crippen LogP contribution in [0.2, 0.25) is 0 Å². The topological polar surface area (TPSA) is 186 Å². The Labute approximate surface area is 207 Å². The minimum Gasteiger partial charge on any atom is -0.508 e. The first-order chi connectivity index (χ1) is 17.2. The number of fused-ring (bicyclic) bond motifs is 1. The highest BCUT2D eigenvalue weighted by atomic mass is 16.5. The van der Waals surface area contributed by atoms with Crippen molar-refractivity contribution in [3.8, 4) is 51.7 Å². The molecule has 0 saturated carbocycles. The monoisotopic (exact) mass is 506 g/mol. The van der Waals surface area contributed by atoms with E-state index in [0.29, 0.717) is 18.6 Å². The zero-order valence-electron chi connectivity index (χ0n) is 20.0. The third-order valence-electron chi connectivity index (χ3n) is 4.61. The standard InChI is InChI=1S/C9H10O3.C8H8O4.C7H8O3.CH4O/c10-6-4-8(11)7-2-1-3-12-9(7)5-6;1-12-7-3-5(4-9)2-6(10)8(7)11;1-10-7-5(8)3-2-4-6(7)9;1-2/h4-5,10-11H,1-3H2;2-4,10-11H,1H3;2-4,8-9H,1H3;2H,1H3. The number of benzene rings is 3. The summed E-state index contributed by atoms with van der Waals surface area (Å²) in [6.45, 7) is 0.663. The number of aldehydes is 1. The highest BCUT2D eigenvalue weighted by Gasteiger charge is 2.15. The molecule has 0 fully saturated rings. The van der Waals surface area contributed by atoms with Crippen LogP contribution in [0.3, 0.4) is 0 Å². The number of hydrogen-bond acceptors (Lipinski definition) is 11. The molecule has 0 amide bonds. The van der Waals surface area contributed by atoms with Crippen LogP contribution in [0, 0.1) is 0 Å². The van der Waals surface area contributed by atoms with E-state index in [0.717, 1.165) is 31.6 Å². The van der Waals surface area contributed by atoms with Crippen molar-refractivity contribution in [2.24, 2.45) is 0 Å². The molecule has 0 unspecified atom stereocenters. The summed E-state index contributed by atoms with van der Waals surface area (Å²) in [5, 5.41) is 61.7. The van der Waals surface area contributed by atoms with Gasteiger partial charge >= 0.3 is 0 Å². The number of phenolic OH excluding ortho intramolecular Hbond substituents is 6. The molecule has 36 heavy (non-hydrogen) atoms. The Kier molecular flexibility index (Phi) is 12.0. The Morgan fingerprint density at radius 1 is 0.833 bits per heavy atom. The van der Waals surface area contributed by atoms with Crippen LogP contribution in [0.5, 0.6) is 51.7 Å². The number of aliphatic hydroxyl groups is 1. The van der Waals surface area contributed by atoms with Gasteiger partial charge in [-0.15, -0.1) is 0 Å². The number of phenols is 6. The van der Waals surface area contributed by atoms with Gasteiger partial charge in [-0.25, -0.2) is 0 Å². The highest BCUT2D eigenvalue weighted by molar-refractivity contribution is 5.78. The van der Waals surface area contributed by atoms with Gasteiger partial charge in [0.25, 0.3) is 0 Å². The van der Waals surface area contributed by atoms with Crippen molar-refractivity contribution in [3.63, 3.8) is 0 Å². The fraction of sp³-hybridized carbons (Fsp3) is 0.240. The van der Waals surface area contributed by atoms with Gasteiger partial charge in [0.2, 0.25) is 11.5 Å². The molecule has 1 aliphatic rings. The summed E-state index contributed by atoms with van der Waals surface area (Å²) in [6, 6.07) is 9.79. The second-order valence-electron chi connectivity index (χ2n) is 6.93. The van der Waals surface area contributed by atoms with Crippen LogP contribution in [-0.4, -0.2) is 70.0 Å². The largest absolute Gasteiger partial charge is 0.508 e. The van der Waals surface area contributed by atoms with Gasteiger partial charge in [-0.3, -0.25) is 4.79 Å². The maximum absolute atomic E-state index is 10.3. The highest BCUT2D eigenvalue weighted by Crippen LogP contribution is 2.37. The molecule has 0 saturated heterocycles. The molecule has 11 heteroatoms. The molecule has 196 valence electrons. The lowest BCUT2D eigenvalue weighted by Gasteiger charge is -2.17. The van der Waals surface area contributed by atoms with Gasteiger partial charge in [0.1, 0.15) is 23.5 Å². The average Bonchev–Trinajstić information content (AvgIpc) is 2.87. The summed E-state index contributed by atoms with van der Waals surface area (Å²) in [6.07, 6.45) is 2.30. The van der Waals surface area contributed by atoms with Crippen LogP contribution in [0.25, 0.3) is 0 Å². The second kappa shape index (κ2) is 14.7. The van der Waals surface area contributed by atoms with Crippen molar-refractivity contribution in [1.29, 1.82) is 0 Å². The van der Waals surface area contributed by atoms with Gasteiger partial charge in [0.15, 0.2) is 23.0 Å². The predicted molar refractivity (Wildman–Crippen MR) is 130 cm³/mol. The number of rotatable bonds is 3. The van der Waals surface area contributed by atoms with Crippen molar-refractivity contribution in [2.75, 3.05) is 27.9 Å². The lowest BCUT2D eigenvalue weighted by atomic mass is 10.1. The van der Waals surface area contributed by atoms with E-state index in [9.17, 15) is 9.90 Å². The first kappa shape index (κ1) is 29.5. The summed E-state index contributed by atoms with van der Waals surface area (Å²) in [4.78, 5) is 10.3. The summed E-state index contributed by atoms with van der Waals surface area (Å²) in [7, 11) is 3.72. The molecular weight excluding hydrogens is 476 g/mol. The van der Waals surface area contributed by atoms with E-state index in [-0.39, 0.29) is 51.6 Å². The zero-order valence-corrected chi connectivity index (χ0v) is 20.0. The van der Waals surface area contributed by atoms with E-state index in [1.807, 2.05) is 0 Å². The Bertz CT molecular complexity index is 1110. The summed E-state index contributed by atoms with van der Waals surface area (Å²) in [5.41, 5.74) is 1.06. The normalized spacial score (nSPS) is 10.9. The Morgan fingerprint density at radius 2 is 1.47 bits per heavy atom. The smallest absolute Gasteiger partial charge is 0.202 e. The van der Waals surface area contributed by atoms with E-state index in [1.54, 1.807) is 0 Å². The van der Waals surface area contributed by atoms with Crippen molar-refractivity contribution in [2.45, 2.75) is 12.8 Å². The summed E-state index contributed by atoms with van der Waals surface area (Å²) < 4.78 is 14.6.